The van der Waals surface area contributed by atoms with Crippen LogP contribution in [0.15, 0.2) is 0 Å². The molecule has 19 heavy (non-hydrogen) atoms. The van der Waals surface area contributed by atoms with Gasteiger partial charge in [0.05, 0.1) is 18.1 Å². The largest absolute Gasteiger partial charge is 0.394 e. The first-order valence-corrected chi connectivity index (χ1v) is 7.00. The highest BCUT2D eigenvalue weighted by Crippen LogP contribution is 2.41. The van der Waals surface area contributed by atoms with Crippen molar-refractivity contribution in [2.75, 3.05) is 33.3 Å². The molecule has 6 heteroatoms. The Morgan fingerprint density at radius 1 is 1.11 bits per heavy atom. The summed E-state index contributed by atoms with van der Waals surface area (Å²) in [6.07, 6.45) is -1.50. The Hall–Kier alpha value is -0.330. The van der Waals surface area contributed by atoms with Crippen molar-refractivity contribution in [2.45, 2.75) is 37.4 Å². The third-order valence-electron chi connectivity index (χ3n) is 4.70. The average Bonchev–Trinajstić information content (AvgIpc) is 3.20. The number of aliphatic hydroxyl groups excluding tert-OH is 1. The lowest BCUT2D eigenvalue weighted by atomic mass is 9.90. The maximum atomic E-state index is 12.6. The van der Waals surface area contributed by atoms with Gasteiger partial charge < -0.3 is 15.3 Å². The summed E-state index contributed by atoms with van der Waals surface area (Å²) in [5.74, 6) is -0.689. The molecule has 1 unspecified atom stereocenters. The van der Waals surface area contributed by atoms with Crippen LogP contribution in [0, 0.1) is 11.8 Å². The van der Waals surface area contributed by atoms with E-state index in [0.717, 1.165) is 12.8 Å². The van der Waals surface area contributed by atoms with Gasteiger partial charge in [0.1, 0.15) is 0 Å². The highest BCUT2D eigenvalue weighted by atomic mass is 19.4. The molecule has 2 N–H and O–H groups in total. The van der Waals surface area contributed by atoms with Crippen LogP contribution in [0.1, 0.15) is 25.7 Å². The molecule has 0 aromatic carbocycles. The molecule has 1 atom stereocenters. The van der Waals surface area contributed by atoms with Crippen molar-refractivity contribution in [1.29, 1.82) is 0 Å². The zero-order valence-corrected chi connectivity index (χ0v) is 11.3. The highest BCUT2D eigenvalue weighted by Gasteiger charge is 2.46. The van der Waals surface area contributed by atoms with Crippen molar-refractivity contribution >= 4 is 0 Å². The van der Waals surface area contributed by atoms with Crippen LogP contribution in [0.2, 0.25) is 0 Å². The van der Waals surface area contributed by atoms with Crippen molar-refractivity contribution in [3.8, 4) is 0 Å². The summed E-state index contributed by atoms with van der Waals surface area (Å²) in [5, 5.41) is 12.8. The van der Waals surface area contributed by atoms with Crippen molar-refractivity contribution in [2.24, 2.45) is 11.8 Å². The number of piperidine rings is 1. The van der Waals surface area contributed by atoms with E-state index in [2.05, 4.69) is 10.2 Å². The number of nitrogens with zero attached hydrogens (tertiary/aromatic N) is 1. The van der Waals surface area contributed by atoms with Gasteiger partial charge >= 0.3 is 6.18 Å². The van der Waals surface area contributed by atoms with Gasteiger partial charge in [-0.1, -0.05) is 0 Å². The minimum Gasteiger partial charge on any atom is -0.394 e. The van der Waals surface area contributed by atoms with E-state index in [1.165, 1.54) is 0 Å². The van der Waals surface area contributed by atoms with Gasteiger partial charge in [0, 0.05) is 6.54 Å². The van der Waals surface area contributed by atoms with Gasteiger partial charge in [-0.25, -0.2) is 0 Å². The van der Waals surface area contributed by atoms with Crippen LogP contribution in [0.3, 0.4) is 0 Å². The molecule has 1 aliphatic carbocycles. The summed E-state index contributed by atoms with van der Waals surface area (Å²) in [7, 11) is 1.83. The number of hydrogen-bond donors (Lipinski definition) is 2. The smallest absolute Gasteiger partial charge is 0.391 e. The van der Waals surface area contributed by atoms with Gasteiger partial charge in [0.25, 0.3) is 0 Å². The SMILES string of the molecule is CNC(CO)(CN1CCC(C(F)(F)F)CC1)C1CC1. The molecule has 0 aromatic rings. The molecule has 1 saturated carbocycles. The zero-order chi connectivity index (χ0) is 14.1. The lowest BCUT2D eigenvalue weighted by Gasteiger charge is -2.40. The molecule has 0 spiro atoms. The van der Waals surface area contributed by atoms with Crippen LogP contribution in [-0.2, 0) is 0 Å². The summed E-state index contributed by atoms with van der Waals surface area (Å²) >= 11 is 0. The number of halogens is 3. The molecule has 1 heterocycles. The molecule has 0 bridgehead atoms. The van der Waals surface area contributed by atoms with E-state index >= 15 is 0 Å². The number of rotatable bonds is 5. The van der Waals surface area contributed by atoms with Gasteiger partial charge in [-0.15, -0.1) is 0 Å². The number of hydrogen-bond acceptors (Lipinski definition) is 3. The monoisotopic (exact) mass is 280 g/mol. The minimum absolute atomic E-state index is 0.0490. The topological polar surface area (TPSA) is 35.5 Å². The molecule has 2 rings (SSSR count). The molecule has 1 aliphatic heterocycles. The molecular weight excluding hydrogens is 257 g/mol. The lowest BCUT2D eigenvalue weighted by molar-refractivity contribution is -0.185. The van der Waals surface area contributed by atoms with E-state index in [1.54, 1.807) is 0 Å². The van der Waals surface area contributed by atoms with E-state index in [4.69, 9.17) is 0 Å². The quantitative estimate of drug-likeness (QED) is 0.803. The first-order chi connectivity index (χ1) is 8.91. The Kier molecular flexibility index (Phi) is 4.42. The third kappa shape index (κ3) is 3.41. The summed E-state index contributed by atoms with van der Waals surface area (Å²) < 4.78 is 37.8. The summed E-state index contributed by atoms with van der Waals surface area (Å²) in [6.45, 7) is 1.64. The fourth-order valence-electron chi connectivity index (χ4n) is 3.12. The zero-order valence-electron chi connectivity index (χ0n) is 11.3. The fraction of sp³-hybridized carbons (Fsp3) is 1.00. The van der Waals surface area contributed by atoms with E-state index in [-0.39, 0.29) is 25.0 Å². The number of likely N-dealkylation sites (N-methyl/N-ethyl adjacent to an activating group) is 1. The number of aliphatic hydroxyl groups is 1. The van der Waals surface area contributed by atoms with Crippen molar-refractivity contribution < 1.29 is 18.3 Å². The van der Waals surface area contributed by atoms with Crippen LogP contribution < -0.4 is 5.32 Å². The molecule has 2 aliphatic rings. The molecule has 0 radical (unpaired) electrons. The summed E-state index contributed by atoms with van der Waals surface area (Å²) in [5.41, 5.74) is -0.328. The lowest BCUT2D eigenvalue weighted by Crippen LogP contribution is -2.58. The first-order valence-electron chi connectivity index (χ1n) is 7.00. The second-order valence-corrected chi connectivity index (χ2v) is 5.93. The Morgan fingerprint density at radius 2 is 1.68 bits per heavy atom. The summed E-state index contributed by atoms with van der Waals surface area (Å²) in [4.78, 5) is 2.06. The molecule has 2 fully saturated rings. The Balaban J connectivity index is 1.87. The average molecular weight is 280 g/mol. The van der Waals surface area contributed by atoms with E-state index in [1.807, 2.05) is 7.05 Å². The van der Waals surface area contributed by atoms with E-state index in [0.29, 0.717) is 25.6 Å². The van der Waals surface area contributed by atoms with Gasteiger partial charge in [0.2, 0.25) is 0 Å². The predicted molar refractivity (Wildman–Crippen MR) is 66.8 cm³/mol. The van der Waals surface area contributed by atoms with Crippen LogP contribution in [0.25, 0.3) is 0 Å². The highest BCUT2D eigenvalue weighted by molar-refractivity contribution is 5.02. The molecule has 1 saturated heterocycles. The molecule has 3 nitrogen and oxygen atoms in total. The van der Waals surface area contributed by atoms with Crippen molar-refractivity contribution in [3.05, 3.63) is 0 Å². The second-order valence-electron chi connectivity index (χ2n) is 5.93. The normalized spacial score (nSPS) is 26.4. The van der Waals surface area contributed by atoms with Crippen LogP contribution >= 0.6 is 0 Å². The predicted octanol–water partition coefficient (Wildman–Crippen LogP) is 1.62. The van der Waals surface area contributed by atoms with Gasteiger partial charge in [-0.3, -0.25) is 0 Å². The Labute approximate surface area is 112 Å². The standard InChI is InChI=1S/C13H23F3N2O/c1-17-12(9-19,10-2-3-10)8-18-6-4-11(5-7-18)13(14,15)16/h10-11,17,19H,2-9H2,1H3. The van der Waals surface area contributed by atoms with Crippen molar-refractivity contribution in [3.63, 3.8) is 0 Å². The number of alkyl halides is 3. The van der Waals surface area contributed by atoms with Crippen LogP contribution in [-0.4, -0.2) is 55.0 Å². The van der Waals surface area contributed by atoms with Crippen LogP contribution in [0.5, 0.6) is 0 Å². The number of likely N-dealkylation sites (tertiary alicyclic amines) is 1. The maximum Gasteiger partial charge on any atom is 0.391 e. The Bertz CT molecular complexity index is 293. The minimum atomic E-state index is -4.06. The third-order valence-corrected chi connectivity index (χ3v) is 4.70. The van der Waals surface area contributed by atoms with E-state index < -0.39 is 12.1 Å². The molecule has 0 amide bonds. The van der Waals surface area contributed by atoms with Crippen LogP contribution in [0.4, 0.5) is 13.2 Å². The van der Waals surface area contributed by atoms with E-state index in [9.17, 15) is 18.3 Å². The first kappa shape index (κ1) is 15.1. The van der Waals surface area contributed by atoms with Gasteiger partial charge in [-0.05, 0) is 51.7 Å². The Morgan fingerprint density at radius 3 is 2.05 bits per heavy atom. The second kappa shape index (κ2) is 5.58. The fourth-order valence-corrected chi connectivity index (χ4v) is 3.12. The molecule has 0 aromatic heterocycles. The van der Waals surface area contributed by atoms with Gasteiger partial charge in [-0.2, -0.15) is 13.2 Å². The maximum absolute atomic E-state index is 12.6. The summed E-state index contributed by atoms with van der Waals surface area (Å²) in [6, 6.07) is 0. The molecular formula is C13H23F3N2O. The number of nitrogens with one attached hydrogen (secondary N) is 1. The molecule has 112 valence electrons. The van der Waals surface area contributed by atoms with Gasteiger partial charge in [0.15, 0.2) is 0 Å². The van der Waals surface area contributed by atoms with Crippen molar-refractivity contribution in [1.82, 2.24) is 10.2 Å².